The third-order valence-corrected chi connectivity index (χ3v) is 4.71. The van der Waals surface area contributed by atoms with Crippen LogP contribution in [0.4, 0.5) is 0 Å². The van der Waals surface area contributed by atoms with Gasteiger partial charge in [-0.1, -0.05) is 6.07 Å². The summed E-state index contributed by atoms with van der Waals surface area (Å²) in [6, 6.07) is 3.97. The molecule has 0 radical (unpaired) electrons. The molecule has 0 aliphatic heterocycles. The largest absolute Gasteiger partial charge is 0.496 e. The van der Waals surface area contributed by atoms with Crippen LogP contribution in [0, 0.1) is 6.92 Å². The van der Waals surface area contributed by atoms with Crippen LogP contribution in [0.3, 0.4) is 0 Å². The van der Waals surface area contributed by atoms with E-state index < -0.39 is 5.41 Å². The summed E-state index contributed by atoms with van der Waals surface area (Å²) in [6.45, 7) is 3.35. The number of pyridine rings is 1. The number of hydrogen-bond acceptors (Lipinski definition) is 5. The third-order valence-electron chi connectivity index (χ3n) is 4.71. The molecule has 0 amide bonds. The molecule has 0 saturated heterocycles. The van der Waals surface area contributed by atoms with Crippen molar-refractivity contribution in [2.24, 2.45) is 0 Å². The van der Waals surface area contributed by atoms with Crippen LogP contribution in [-0.2, 0) is 21.4 Å². The van der Waals surface area contributed by atoms with E-state index in [2.05, 4.69) is 4.98 Å². The molecule has 1 aliphatic carbocycles. The van der Waals surface area contributed by atoms with Crippen molar-refractivity contribution < 1.29 is 19.1 Å². The van der Waals surface area contributed by atoms with E-state index in [1.807, 2.05) is 19.1 Å². The first-order chi connectivity index (χ1) is 11.0. The van der Waals surface area contributed by atoms with Gasteiger partial charge in [-0.2, -0.15) is 0 Å². The number of benzene rings is 1. The van der Waals surface area contributed by atoms with E-state index in [9.17, 15) is 9.59 Å². The molecule has 120 valence electrons. The number of aromatic nitrogens is 1. The van der Waals surface area contributed by atoms with E-state index >= 15 is 0 Å². The van der Waals surface area contributed by atoms with Crippen molar-refractivity contribution in [2.75, 3.05) is 14.2 Å². The summed E-state index contributed by atoms with van der Waals surface area (Å²) in [4.78, 5) is 28.5. The number of fused-ring (bicyclic) bond motifs is 2. The Morgan fingerprint density at radius 1 is 1.30 bits per heavy atom. The number of hydrogen-bond donors (Lipinski definition) is 0. The maximum absolute atomic E-state index is 12.2. The summed E-state index contributed by atoms with van der Waals surface area (Å²) < 4.78 is 11.0. The standard InChI is InChI=1S/C18H19NO4/c1-10-7-13-8-12-5-6-18(9-20,11(2)21)15(12)16(22-3)14(13)17(19-10)23-4/h7-9H,5-6H2,1-4H3. The van der Waals surface area contributed by atoms with Gasteiger partial charge < -0.3 is 14.3 Å². The molecule has 0 fully saturated rings. The minimum atomic E-state index is -1.13. The van der Waals surface area contributed by atoms with Crippen LogP contribution in [0.15, 0.2) is 12.1 Å². The first-order valence-electron chi connectivity index (χ1n) is 7.51. The number of ether oxygens (including phenoxy) is 2. The van der Waals surface area contributed by atoms with Crippen molar-refractivity contribution in [2.45, 2.75) is 32.1 Å². The van der Waals surface area contributed by atoms with Crippen LogP contribution in [0.2, 0.25) is 0 Å². The monoisotopic (exact) mass is 313 g/mol. The van der Waals surface area contributed by atoms with E-state index in [0.29, 0.717) is 35.4 Å². The molecule has 1 aromatic heterocycles. The van der Waals surface area contributed by atoms with Crippen LogP contribution in [0.1, 0.15) is 30.2 Å². The first kappa shape index (κ1) is 15.5. The fraction of sp³-hybridized carbons (Fsp3) is 0.389. The van der Waals surface area contributed by atoms with Crippen molar-refractivity contribution in [1.29, 1.82) is 0 Å². The predicted molar refractivity (Wildman–Crippen MR) is 86.3 cm³/mol. The summed E-state index contributed by atoms with van der Waals surface area (Å²) in [5, 5.41) is 1.64. The summed E-state index contributed by atoms with van der Waals surface area (Å²) in [7, 11) is 3.09. The second kappa shape index (κ2) is 5.33. The van der Waals surface area contributed by atoms with Gasteiger partial charge in [-0.25, -0.2) is 4.98 Å². The fourth-order valence-corrected chi connectivity index (χ4v) is 3.59. The number of aldehydes is 1. The zero-order valence-electron chi connectivity index (χ0n) is 13.7. The van der Waals surface area contributed by atoms with Crippen molar-refractivity contribution in [3.8, 4) is 11.6 Å². The third kappa shape index (κ3) is 2.03. The summed E-state index contributed by atoms with van der Waals surface area (Å²) >= 11 is 0. The number of carbonyl (C=O) groups is 2. The number of nitrogens with zero attached hydrogens (tertiary/aromatic N) is 1. The van der Waals surface area contributed by atoms with Crippen molar-refractivity contribution in [3.05, 3.63) is 29.0 Å². The average Bonchev–Trinajstić information content (AvgIpc) is 2.91. The molecule has 0 N–H and O–H groups in total. The van der Waals surface area contributed by atoms with E-state index in [1.54, 1.807) is 14.2 Å². The Morgan fingerprint density at radius 3 is 2.61 bits per heavy atom. The average molecular weight is 313 g/mol. The number of ketones is 1. The summed E-state index contributed by atoms with van der Waals surface area (Å²) in [6.07, 6.45) is 1.90. The topological polar surface area (TPSA) is 65.5 Å². The molecule has 1 atom stereocenters. The van der Waals surface area contributed by atoms with Crippen LogP contribution in [0.5, 0.6) is 11.6 Å². The summed E-state index contributed by atoms with van der Waals surface area (Å²) in [5.41, 5.74) is 1.34. The molecule has 5 nitrogen and oxygen atoms in total. The number of rotatable bonds is 4. The maximum atomic E-state index is 12.2. The van der Waals surface area contributed by atoms with E-state index in [1.165, 1.54) is 6.92 Å². The van der Waals surface area contributed by atoms with Gasteiger partial charge in [-0.15, -0.1) is 0 Å². The second-order valence-electron chi connectivity index (χ2n) is 5.96. The molecule has 1 heterocycles. The van der Waals surface area contributed by atoms with Gasteiger partial charge >= 0.3 is 0 Å². The Kier molecular flexibility index (Phi) is 3.59. The van der Waals surface area contributed by atoms with Crippen LogP contribution >= 0.6 is 0 Å². The SMILES string of the molecule is COc1nc(C)cc2cc3c(c(OC)c12)C(C=O)(C(C)=O)CC3. The van der Waals surface area contributed by atoms with Crippen LogP contribution < -0.4 is 9.47 Å². The molecule has 1 aromatic carbocycles. The van der Waals surface area contributed by atoms with Crippen LogP contribution in [0.25, 0.3) is 10.8 Å². The minimum absolute atomic E-state index is 0.164. The van der Waals surface area contributed by atoms with Gasteiger partial charge in [0.2, 0.25) is 5.88 Å². The van der Waals surface area contributed by atoms with Crippen molar-refractivity contribution in [3.63, 3.8) is 0 Å². The molecule has 1 aliphatic rings. The molecule has 23 heavy (non-hydrogen) atoms. The van der Waals surface area contributed by atoms with Gasteiger partial charge in [0.1, 0.15) is 23.2 Å². The van der Waals surface area contributed by atoms with Gasteiger partial charge in [0.05, 0.1) is 19.6 Å². The first-order valence-corrected chi connectivity index (χ1v) is 7.51. The second-order valence-corrected chi connectivity index (χ2v) is 5.96. The Bertz CT molecular complexity index is 828. The molecular formula is C18H19NO4. The Hall–Kier alpha value is -2.43. The van der Waals surface area contributed by atoms with E-state index in [4.69, 9.17) is 9.47 Å². The smallest absolute Gasteiger partial charge is 0.225 e. The molecule has 2 aromatic rings. The molecule has 3 rings (SSSR count). The van der Waals surface area contributed by atoms with Gasteiger partial charge in [0, 0.05) is 11.3 Å². The Balaban J connectivity index is 2.47. The van der Waals surface area contributed by atoms with Gasteiger partial charge in [-0.3, -0.25) is 4.79 Å². The lowest BCUT2D eigenvalue weighted by Gasteiger charge is -2.24. The maximum Gasteiger partial charge on any atom is 0.225 e. The molecule has 0 bridgehead atoms. The van der Waals surface area contributed by atoms with Crippen molar-refractivity contribution in [1.82, 2.24) is 4.98 Å². The number of methoxy groups -OCH3 is 2. The van der Waals surface area contributed by atoms with Crippen molar-refractivity contribution >= 4 is 22.8 Å². The zero-order chi connectivity index (χ0) is 16.8. The van der Waals surface area contributed by atoms with Gasteiger partial charge in [0.25, 0.3) is 0 Å². The highest BCUT2D eigenvalue weighted by molar-refractivity contribution is 6.08. The quantitative estimate of drug-likeness (QED) is 0.641. The highest BCUT2D eigenvalue weighted by atomic mass is 16.5. The fourth-order valence-electron chi connectivity index (χ4n) is 3.59. The molecule has 0 spiro atoms. The number of aryl methyl sites for hydroxylation is 2. The Labute approximate surface area is 134 Å². The lowest BCUT2D eigenvalue weighted by molar-refractivity contribution is -0.128. The normalized spacial score (nSPS) is 19.5. The number of carbonyl (C=O) groups excluding carboxylic acids is 2. The van der Waals surface area contributed by atoms with E-state index in [0.717, 1.165) is 22.9 Å². The molecule has 1 unspecified atom stereocenters. The molecule has 0 saturated carbocycles. The molecule has 5 heteroatoms. The number of Topliss-reactive ketones (excluding diaryl/α,β-unsaturated/α-hetero) is 1. The Morgan fingerprint density at radius 2 is 2.04 bits per heavy atom. The van der Waals surface area contributed by atoms with Gasteiger partial charge in [0.15, 0.2) is 0 Å². The minimum Gasteiger partial charge on any atom is -0.496 e. The summed E-state index contributed by atoms with van der Waals surface area (Å²) in [5.74, 6) is 0.791. The van der Waals surface area contributed by atoms with Crippen LogP contribution in [-0.4, -0.2) is 31.3 Å². The van der Waals surface area contributed by atoms with E-state index in [-0.39, 0.29) is 5.78 Å². The molecular weight excluding hydrogens is 294 g/mol. The lowest BCUT2D eigenvalue weighted by Crippen LogP contribution is -2.33. The predicted octanol–water partition coefficient (Wildman–Crippen LogP) is 2.53. The lowest BCUT2D eigenvalue weighted by atomic mass is 9.78. The highest BCUT2D eigenvalue weighted by Gasteiger charge is 2.46. The zero-order valence-corrected chi connectivity index (χ0v) is 13.7. The van der Waals surface area contributed by atoms with Gasteiger partial charge in [-0.05, 0) is 43.7 Å². The highest BCUT2D eigenvalue weighted by Crippen LogP contribution is 2.49.